The Morgan fingerprint density at radius 2 is 2.28 bits per heavy atom. The van der Waals surface area contributed by atoms with Crippen LogP contribution in [0.1, 0.15) is 25.3 Å². The van der Waals surface area contributed by atoms with Crippen molar-refractivity contribution in [1.82, 2.24) is 0 Å². The van der Waals surface area contributed by atoms with Gasteiger partial charge in [-0.1, -0.05) is 11.6 Å². The summed E-state index contributed by atoms with van der Waals surface area (Å²) in [6, 6.07) is 6.74. The van der Waals surface area contributed by atoms with Crippen molar-refractivity contribution in [3.63, 3.8) is 0 Å². The quantitative estimate of drug-likeness (QED) is 0.878. The first-order chi connectivity index (χ1) is 8.45. The lowest BCUT2D eigenvalue weighted by molar-refractivity contribution is -0.121. The number of anilines is 1. The average Bonchev–Trinajstić information content (AvgIpc) is 3.13. The van der Waals surface area contributed by atoms with Gasteiger partial charge in [0.2, 0.25) is 5.91 Å². The molecular weight excluding hydrogens is 250 g/mol. The van der Waals surface area contributed by atoms with Gasteiger partial charge in [-0.2, -0.15) is 5.26 Å². The van der Waals surface area contributed by atoms with Gasteiger partial charge in [0.15, 0.2) is 0 Å². The van der Waals surface area contributed by atoms with Crippen molar-refractivity contribution in [1.29, 1.82) is 5.26 Å². The van der Waals surface area contributed by atoms with Crippen LogP contribution in [0.5, 0.6) is 0 Å². The number of rotatable bonds is 3. The average molecular weight is 264 g/mol. The van der Waals surface area contributed by atoms with Crippen molar-refractivity contribution >= 4 is 23.2 Å². The van der Waals surface area contributed by atoms with Crippen LogP contribution >= 0.6 is 11.6 Å². The van der Waals surface area contributed by atoms with E-state index in [-0.39, 0.29) is 11.8 Å². The van der Waals surface area contributed by atoms with Gasteiger partial charge < -0.3 is 11.1 Å². The Morgan fingerprint density at radius 1 is 1.61 bits per heavy atom. The van der Waals surface area contributed by atoms with E-state index >= 15 is 0 Å². The number of halogens is 1. The van der Waals surface area contributed by atoms with E-state index in [2.05, 4.69) is 5.32 Å². The molecule has 0 saturated heterocycles. The molecule has 1 atom stereocenters. The van der Waals surface area contributed by atoms with Crippen LogP contribution in [0, 0.1) is 17.2 Å². The predicted molar refractivity (Wildman–Crippen MR) is 70.1 cm³/mol. The summed E-state index contributed by atoms with van der Waals surface area (Å²) in [5, 5.41) is 11.8. The van der Waals surface area contributed by atoms with Crippen molar-refractivity contribution in [2.45, 2.75) is 25.3 Å². The zero-order valence-electron chi connectivity index (χ0n) is 10.0. The molecule has 1 fully saturated rings. The number of carbonyl (C=O) groups excluding carboxylic acids is 1. The van der Waals surface area contributed by atoms with Crippen LogP contribution in [0.25, 0.3) is 0 Å². The maximum Gasteiger partial charge on any atom is 0.244 e. The Morgan fingerprint density at radius 3 is 2.78 bits per heavy atom. The molecule has 1 aliphatic rings. The third kappa shape index (κ3) is 2.47. The topological polar surface area (TPSA) is 78.9 Å². The maximum absolute atomic E-state index is 12.0. The second kappa shape index (κ2) is 4.60. The van der Waals surface area contributed by atoms with Gasteiger partial charge in [0.05, 0.1) is 16.1 Å². The molecule has 94 valence electrons. The van der Waals surface area contributed by atoms with Crippen LogP contribution in [0.4, 0.5) is 5.69 Å². The van der Waals surface area contributed by atoms with Crippen LogP contribution in [0.3, 0.4) is 0 Å². The summed E-state index contributed by atoms with van der Waals surface area (Å²) in [5.41, 5.74) is 6.10. The number of nitrogens with two attached hydrogens (primary N) is 1. The third-order valence-electron chi connectivity index (χ3n) is 3.26. The molecule has 0 spiro atoms. The van der Waals surface area contributed by atoms with E-state index in [4.69, 9.17) is 22.6 Å². The van der Waals surface area contributed by atoms with Gasteiger partial charge in [0, 0.05) is 5.69 Å². The highest BCUT2D eigenvalue weighted by Gasteiger charge is 2.44. The highest BCUT2D eigenvalue weighted by Crippen LogP contribution is 2.38. The Kier molecular flexibility index (Phi) is 3.29. The molecule has 1 amide bonds. The van der Waals surface area contributed by atoms with E-state index < -0.39 is 5.54 Å². The molecule has 3 N–H and O–H groups in total. The van der Waals surface area contributed by atoms with Gasteiger partial charge in [0.25, 0.3) is 0 Å². The van der Waals surface area contributed by atoms with Gasteiger partial charge >= 0.3 is 0 Å². The summed E-state index contributed by atoms with van der Waals surface area (Å²) >= 11 is 5.90. The van der Waals surface area contributed by atoms with Crippen LogP contribution in [-0.4, -0.2) is 11.4 Å². The lowest BCUT2D eigenvalue weighted by Gasteiger charge is -2.23. The number of nitriles is 1. The summed E-state index contributed by atoms with van der Waals surface area (Å²) < 4.78 is 0. The van der Waals surface area contributed by atoms with Crippen molar-refractivity contribution in [3.8, 4) is 6.07 Å². The minimum atomic E-state index is -0.847. The minimum Gasteiger partial charge on any atom is -0.324 e. The number of benzene rings is 1. The molecule has 0 radical (unpaired) electrons. The van der Waals surface area contributed by atoms with E-state index in [1.54, 1.807) is 25.1 Å². The highest BCUT2D eigenvalue weighted by atomic mass is 35.5. The zero-order chi connectivity index (χ0) is 13.3. The highest BCUT2D eigenvalue weighted by molar-refractivity contribution is 6.32. The van der Waals surface area contributed by atoms with E-state index in [1.807, 2.05) is 6.07 Å². The molecular formula is C13H14ClN3O. The molecule has 1 saturated carbocycles. The Bertz CT molecular complexity index is 530. The Hall–Kier alpha value is -1.57. The van der Waals surface area contributed by atoms with E-state index in [1.165, 1.54) is 0 Å². The predicted octanol–water partition coefficient (Wildman–Crippen LogP) is 2.28. The van der Waals surface area contributed by atoms with E-state index in [0.29, 0.717) is 16.3 Å². The molecule has 1 aromatic carbocycles. The lowest BCUT2D eigenvalue weighted by atomic mass is 9.96. The number of hydrogen-bond acceptors (Lipinski definition) is 3. The SMILES string of the molecule is CC(N)(C(=O)Nc1ccc(C#N)c(Cl)c1)C1CC1. The summed E-state index contributed by atoms with van der Waals surface area (Å²) in [7, 11) is 0. The van der Waals surface area contributed by atoms with Crippen molar-refractivity contribution in [2.24, 2.45) is 11.7 Å². The van der Waals surface area contributed by atoms with Gasteiger partial charge in [-0.05, 0) is 43.9 Å². The number of nitrogens with zero attached hydrogens (tertiary/aromatic N) is 1. The fraction of sp³-hybridized carbons (Fsp3) is 0.385. The van der Waals surface area contributed by atoms with Gasteiger partial charge in [-0.3, -0.25) is 4.79 Å². The molecule has 0 bridgehead atoms. The molecule has 1 aliphatic carbocycles. The van der Waals surface area contributed by atoms with Crippen molar-refractivity contribution < 1.29 is 4.79 Å². The minimum absolute atomic E-state index is 0.217. The molecule has 0 aromatic heterocycles. The number of carbonyl (C=O) groups is 1. The van der Waals surface area contributed by atoms with Crippen LogP contribution < -0.4 is 11.1 Å². The second-order valence-corrected chi connectivity index (χ2v) is 5.22. The molecule has 2 rings (SSSR count). The number of nitrogens with one attached hydrogen (secondary N) is 1. The second-order valence-electron chi connectivity index (χ2n) is 4.82. The first kappa shape index (κ1) is 12.9. The van der Waals surface area contributed by atoms with Crippen molar-refractivity contribution in [2.75, 3.05) is 5.32 Å². The fourth-order valence-electron chi connectivity index (χ4n) is 1.82. The molecule has 0 aliphatic heterocycles. The van der Waals surface area contributed by atoms with Crippen LogP contribution in [0.2, 0.25) is 5.02 Å². The largest absolute Gasteiger partial charge is 0.324 e. The lowest BCUT2D eigenvalue weighted by Crippen LogP contribution is -2.50. The Labute approximate surface area is 111 Å². The van der Waals surface area contributed by atoms with E-state index in [9.17, 15) is 4.79 Å². The molecule has 0 heterocycles. The Balaban J connectivity index is 2.12. The zero-order valence-corrected chi connectivity index (χ0v) is 10.8. The fourth-order valence-corrected chi connectivity index (χ4v) is 2.04. The van der Waals surface area contributed by atoms with Crippen molar-refractivity contribution in [3.05, 3.63) is 28.8 Å². The first-order valence-corrected chi connectivity index (χ1v) is 6.13. The summed E-state index contributed by atoms with van der Waals surface area (Å²) in [6.07, 6.45) is 1.99. The maximum atomic E-state index is 12.0. The summed E-state index contributed by atoms with van der Waals surface area (Å²) in [6.45, 7) is 1.74. The van der Waals surface area contributed by atoms with E-state index in [0.717, 1.165) is 12.8 Å². The summed E-state index contributed by atoms with van der Waals surface area (Å²) in [4.78, 5) is 12.0. The first-order valence-electron chi connectivity index (χ1n) is 5.75. The van der Waals surface area contributed by atoms with Gasteiger partial charge in [-0.15, -0.1) is 0 Å². The standard InChI is InChI=1S/C13H14ClN3O/c1-13(16,9-3-4-9)12(18)17-10-5-2-8(7-15)11(14)6-10/h2,5-6,9H,3-4,16H2,1H3,(H,17,18). The normalized spacial score (nSPS) is 17.7. The molecule has 18 heavy (non-hydrogen) atoms. The van der Waals surface area contributed by atoms with Gasteiger partial charge in [-0.25, -0.2) is 0 Å². The molecule has 4 nitrogen and oxygen atoms in total. The summed E-state index contributed by atoms with van der Waals surface area (Å²) in [5.74, 6) is 0.0390. The van der Waals surface area contributed by atoms with Gasteiger partial charge in [0.1, 0.15) is 6.07 Å². The number of amides is 1. The van der Waals surface area contributed by atoms with Crippen LogP contribution in [0.15, 0.2) is 18.2 Å². The molecule has 1 unspecified atom stereocenters. The molecule has 1 aromatic rings. The van der Waals surface area contributed by atoms with Crippen LogP contribution in [-0.2, 0) is 4.79 Å². The smallest absolute Gasteiger partial charge is 0.244 e. The monoisotopic (exact) mass is 263 g/mol. The third-order valence-corrected chi connectivity index (χ3v) is 3.57. The molecule has 5 heteroatoms. The number of hydrogen-bond donors (Lipinski definition) is 2.